The highest BCUT2D eigenvalue weighted by molar-refractivity contribution is 5.80. The van der Waals surface area contributed by atoms with Gasteiger partial charge in [-0.05, 0) is 44.9 Å². The van der Waals surface area contributed by atoms with Crippen molar-refractivity contribution in [3.8, 4) is 0 Å². The maximum absolute atomic E-state index is 12.3. The minimum Gasteiger partial charge on any atom is -0.394 e. The highest BCUT2D eigenvalue weighted by Gasteiger charge is 2.22. The van der Waals surface area contributed by atoms with Crippen molar-refractivity contribution in [3.63, 3.8) is 0 Å². The van der Waals surface area contributed by atoms with Crippen LogP contribution in [0.5, 0.6) is 0 Å². The zero-order valence-electron chi connectivity index (χ0n) is 26.5. The van der Waals surface area contributed by atoms with Gasteiger partial charge in [-0.1, -0.05) is 147 Å². The van der Waals surface area contributed by atoms with Crippen LogP contribution in [0.1, 0.15) is 168 Å². The van der Waals surface area contributed by atoms with Crippen LogP contribution in [0, 0.1) is 0 Å². The molecule has 0 aliphatic carbocycles. The number of allylic oxidation sites excluding steroid dienone is 3. The summed E-state index contributed by atoms with van der Waals surface area (Å²) in [6.45, 7) is 4.13. The van der Waals surface area contributed by atoms with Crippen molar-refractivity contribution < 1.29 is 20.1 Å². The fourth-order valence-corrected chi connectivity index (χ4v) is 5.00. The van der Waals surface area contributed by atoms with E-state index in [9.17, 15) is 20.1 Å². The lowest BCUT2D eigenvalue weighted by Crippen LogP contribution is -2.48. The van der Waals surface area contributed by atoms with Crippen LogP contribution in [0.2, 0.25) is 0 Å². The van der Waals surface area contributed by atoms with E-state index < -0.39 is 24.2 Å². The molecule has 0 saturated heterocycles. The summed E-state index contributed by atoms with van der Waals surface area (Å²) in [6, 6.07) is -0.801. The second-order valence-electron chi connectivity index (χ2n) is 11.7. The van der Waals surface area contributed by atoms with Gasteiger partial charge in [-0.3, -0.25) is 4.79 Å². The van der Waals surface area contributed by atoms with E-state index in [1.165, 1.54) is 109 Å². The minimum absolute atomic E-state index is 0.369. The first kappa shape index (κ1) is 38.8. The molecule has 0 aromatic carbocycles. The Morgan fingerprint density at radius 1 is 0.600 bits per heavy atom. The first-order valence-electron chi connectivity index (χ1n) is 17.2. The number of rotatable bonds is 30. The number of aliphatic hydroxyl groups excluding tert-OH is 3. The lowest BCUT2D eigenvalue weighted by molar-refractivity contribution is -0.131. The van der Waals surface area contributed by atoms with E-state index >= 15 is 0 Å². The van der Waals surface area contributed by atoms with Gasteiger partial charge in [0.15, 0.2) is 0 Å². The Kier molecular flexibility index (Phi) is 29.9. The summed E-state index contributed by atoms with van der Waals surface area (Å²) in [5.74, 6) is -0.522. The zero-order chi connectivity index (χ0) is 29.5. The lowest BCUT2D eigenvalue weighted by atomic mass is 10.0. The van der Waals surface area contributed by atoms with E-state index in [1.54, 1.807) is 6.08 Å². The second kappa shape index (κ2) is 30.8. The number of aliphatic hydroxyl groups is 3. The molecule has 1 amide bonds. The molecule has 5 heteroatoms. The normalized spacial score (nSPS) is 14.2. The van der Waals surface area contributed by atoms with Crippen molar-refractivity contribution in [1.82, 2.24) is 5.32 Å². The van der Waals surface area contributed by atoms with Crippen molar-refractivity contribution in [2.45, 2.75) is 186 Å². The fourth-order valence-electron chi connectivity index (χ4n) is 5.00. The van der Waals surface area contributed by atoms with Gasteiger partial charge in [-0.25, -0.2) is 0 Å². The van der Waals surface area contributed by atoms with Crippen molar-refractivity contribution in [1.29, 1.82) is 0 Å². The number of carbonyl (C=O) groups is 1. The van der Waals surface area contributed by atoms with Gasteiger partial charge in [0.05, 0.1) is 18.8 Å². The molecule has 3 atom stereocenters. The van der Waals surface area contributed by atoms with Crippen molar-refractivity contribution in [2.24, 2.45) is 0 Å². The van der Waals surface area contributed by atoms with Gasteiger partial charge < -0.3 is 20.6 Å². The van der Waals surface area contributed by atoms with E-state index in [0.717, 1.165) is 38.5 Å². The Morgan fingerprint density at radius 3 is 1.45 bits per heavy atom. The summed E-state index contributed by atoms with van der Waals surface area (Å²) in [7, 11) is 0. The third-order valence-electron chi connectivity index (χ3n) is 7.79. The molecule has 5 nitrogen and oxygen atoms in total. The van der Waals surface area contributed by atoms with E-state index in [-0.39, 0.29) is 6.61 Å². The smallest absolute Gasteiger partial charge is 0.249 e. The Morgan fingerprint density at radius 2 is 1.00 bits per heavy atom. The molecule has 4 N–H and O–H groups in total. The molecule has 236 valence electrons. The molecule has 0 saturated carbocycles. The predicted octanol–water partition coefficient (Wildman–Crippen LogP) is 8.70. The maximum Gasteiger partial charge on any atom is 0.249 e. The van der Waals surface area contributed by atoms with Crippen molar-refractivity contribution in [2.75, 3.05) is 6.61 Å². The monoisotopic (exact) mass is 566 g/mol. The number of amides is 1. The summed E-state index contributed by atoms with van der Waals surface area (Å²) in [4.78, 5) is 12.3. The fraction of sp³-hybridized carbons (Fsp3) is 0.857. The zero-order valence-corrected chi connectivity index (χ0v) is 26.5. The maximum atomic E-state index is 12.3. The summed E-state index contributed by atoms with van der Waals surface area (Å²) >= 11 is 0. The van der Waals surface area contributed by atoms with Crippen LogP contribution in [-0.2, 0) is 4.79 Å². The first-order valence-corrected chi connectivity index (χ1v) is 17.2. The van der Waals surface area contributed by atoms with Crippen LogP contribution in [0.25, 0.3) is 0 Å². The lowest BCUT2D eigenvalue weighted by Gasteiger charge is -2.21. The number of hydrogen-bond donors (Lipinski definition) is 4. The Hall–Kier alpha value is -1.17. The number of carbonyl (C=O) groups excluding carboxylic acids is 1. The van der Waals surface area contributed by atoms with Crippen LogP contribution in [0.15, 0.2) is 24.3 Å². The molecule has 0 rings (SSSR count). The molecule has 0 spiro atoms. The standard InChI is InChI=1S/C35H67NO4/c1-3-5-7-9-11-13-15-17-18-20-21-23-25-27-29-33(38)32(31-37)36-35(40)34(39)30-28-26-24-22-19-16-14-12-10-8-6-4-2/h19,22,27,29,32-34,37-39H,3-18,20-21,23-26,28,30-31H2,1-2H3,(H,36,40)/b22-19-,29-27+. The molecule has 0 aromatic heterocycles. The van der Waals surface area contributed by atoms with Gasteiger partial charge in [0.1, 0.15) is 6.10 Å². The number of nitrogens with one attached hydrogen (secondary N) is 1. The molecule has 0 radical (unpaired) electrons. The van der Waals surface area contributed by atoms with E-state index in [1.807, 2.05) is 6.08 Å². The summed E-state index contributed by atoms with van der Waals surface area (Å²) < 4.78 is 0. The largest absolute Gasteiger partial charge is 0.394 e. The topological polar surface area (TPSA) is 89.8 Å². The Balaban J connectivity index is 3.82. The summed E-state index contributed by atoms with van der Waals surface area (Å²) in [6.07, 6.45) is 34.7. The van der Waals surface area contributed by atoms with E-state index in [0.29, 0.717) is 6.42 Å². The molecule has 0 bridgehead atoms. The molecule has 0 aromatic rings. The average molecular weight is 566 g/mol. The first-order chi connectivity index (χ1) is 19.6. The quantitative estimate of drug-likeness (QED) is 0.0518. The molecule has 40 heavy (non-hydrogen) atoms. The second-order valence-corrected chi connectivity index (χ2v) is 11.7. The molecule has 0 aliphatic rings. The van der Waals surface area contributed by atoms with Gasteiger partial charge >= 0.3 is 0 Å². The molecular formula is C35H67NO4. The molecule has 3 unspecified atom stereocenters. The van der Waals surface area contributed by atoms with E-state index in [4.69, 9.17) is 0 Å². The van der Waals surface area contributed by atoms with Crippen LogP contribution in [0.3, 0.4) is 0 Å². The van der Waals surface area contributed by atoms with E-state index in [2.05, 4.69) is 31.3 Å². The Labute approximate surface area is 248 Å². The third-order valence-corrected chi connectivity index (χ3v) is 7.79. The highest BCUT2D eigenvalue weighted by Crippen LogP contribution is 2.13. The Bertz CT molecular complexity index is 592. The number of hydrogen-bond acceptors (Lipinski definition) is 4. The molecular weight excluding hydrogens is 498 g/mol. The van der Waals surface area contributed by atoms with Gasteiger partial charge in [0.25, 0.3) is 0 Å². The average Bonchev–Trinajstić information content (AvgIpc) is 2.96. The van der Waals surface area contributed by atoms with Crippen molar-refractivity contribution >= 4 is 5.91 Å². The van der Waals surface area contributed by atoms with Crippen LogP contribution >= 0.6 is 0 Å². The minimum atomic E-state index is -1.11. The molecule has 0 heterocycles. The summed E-state index contributed by atoms with van der Waals surface area (Å²) in [5, 5.41) is 32.8. The van der Waals surface area contributed by atoms with Crippen LogP contribution < -0.4 is 5.32 Å². The van der Waals surface area contributed by atoms with Gasteiger partial charge in [0.2, 0.25) is 5.91 Å². The predicted molar refractivity (Wildman–Crippen MR) is 171 cm³/mol. The van der Waals surface area contributed by atoms with Gasteiger partial charge in [0, 0.05) is 0 Å². The number of unbranched alkanes of at least 4 members (excludes halogenated alkanes) is 20. The van der Waals surface area contributed by atoms with Crippen LogP contribution in [-0.4, -0.2) is 46.1 Å². The molecule has 0 aliphatic heterocycles. The third kappa shape index (κ3) is 25.8. The SMILES string of the molecule is CCCCCCCC/C=C\CCCCC(O)C(=O)NC(CO)C(O)/C=C/CCCCCCCCCCCCCC. The highest BCUT2D eigenvalue weighted by atomic mass is 16.3. The summed E-state index contributed by atoms with van der Waals surface area (Å²) in [5.41, 5.74) is 0. The van der Waals surface area contributed by atoms with Crippen LogP contribution in [0.4, 0.5) is 0 Å². The molecule has 0 fully saturated rings. The van der Waals surface area contributed by atoms with Gasteiger partial charge in [-0.15, -0.1) is 0 Å². The van der Waals surface area contributed by atoms with Gasteiger partial charge in [-0.2, -0.15) is 0 Å². The van der Waals surface area contributed by atoms with Crippen molar-refractivity contribution in [3.05, 3.63) is 24.3 Å².